The van der Waals surface area contributed by atoms with Crippen molar-refractivity contribution in [2.45, 2.75) is 6.54 Å². The number of halogens is 3. The fourth-order valence-electron chi connectivity index (χ4n) is 2.16. The summed E-state index contributed by atoms with van der Waals surface area (Å²) >= 11 is 1.96. The van der Waals surface area contributed by atoms with Crippen LogP contribution in [0.2, 0.25) is 0 Å². The first-order chi connectivity index (χ1) is 12.8. The Balaban J connectivity index is 2.36. The second-order valence-corrected chi connectivity index (χ2v) is 6.57. The van der Waals surface area contributed by atoms with Crippen molar-refractivity contribution in [1.82, 2.24) is 10.6 Å². The van der Waals surface area contributed by atoms with Crippen molar-refractivity contribution < 1.29 is 23.2 Å². The Morgan fingerprint density at radius 2 is 1.85 bits per heavy atom. The van der Waals surface area contributed by atoms with Gasteiger partial charge in [0.15, 0.2) is 5.95 Å². The van der Waals surface area contributed by atoms with Crippen molar-refractivity contribution in [2.24, 2.45) is 0 Å². The van der Waals surface area contributed by atoms with Crippen molar-refractivity contribution in [3.63, 3.8) is 0 Å². The van der Waals surface area contributed by atoms with Crippen LogP contribution in [-0.2, 0) is 16.1 Å². The fourth-order valence-corrected chi connectivity index (χ4v) is 2.61. The van der Waals surface area contributed by atoms with Crippen molar-refractivity contribution >= 4 is 52.1 Å². The quantitative estimate of drug-likeness (QED) is 0.244. The summed E-state index contributed by atoms with van der Waals surface area (Å²) in [6.45, 7) is 2.95. The molecule has 3 N–H and O–H groups in total. The molecule has 6 nitrogen and oxygen atoms in total. The molecule has 0 saturated heterocycles. The van der Waals surface area contributed by atoms with Crippen molar-refractivity contribution in [2.75, 3.05) is 5.32 Å². The molecule has 0 saturated carbocycles. The molecule has 2 rings (SSSR count). The SMILES string of the molecule is C=C(F)NC(=O)c1cc(CNC(=O)C=O)ccc1Nc1ccc(I)cc1F. The Morgan fingerprint density at radius 3 is 2.48 bits per heavy atom. The van der Waals surface area contributed by atoms with Crippen LogP contribution in [0.15, 0.2) is 48.9 Å². The maximum atomic E-state index is 14.1. The molecule has 0 fully saturated rings. The van der Waals surface area contributed by atoms with Gasteiger partial charge in [0.25, 0.3) is 11.8 Å². The van der Waals surface area contributed by atoms with Gasteiger partial charge in [-0.15, -0.1) is 0 Å². The van der Waals surface area contributed by atoms with Crippen LogP contribution in [0.5, 0.6) is 0 Å². The highest BCUT2D eigenvalue weighted by Crippen LogP contribution is 2.25. The van der Waals surface area contributed by atoms with E-state index in [-0.39, 0.29) is 29.8 Å². The number of anilines is 2. The zero-order valence-corrected chi connectivity index (χ0v) is 16.0. The minimum Gasteiger partial charge on any atom is -0.352 e. The molecule has 9 heteroatoms. The average Bonchev–Trinajstić information content (AvgIpc) is 2.62. The van der Waals surface area contributed by atoms with E-state index < -0.39 is 23.6 Å². The number of amides is 2. The van der Waals surface area contributed by atoms with E-state index in [0.717, 1.165) is 0 Å². The number of carbonyl (C=O) groups is 3. The van der Waals surface area contributed by atoms with Crippen LogP contribution in [0.25, 0.3) is 0 Å². The Labute approximate surface area is 167 Å². The Hall–Kier alpha value is -2.82. The van der Waals surface area contributed by atoms with E-state index in [1.807, 2.05) is 27.9 Å². The molecule has 2 amide bonds. The van der Waals surface area contributed by atoms with E-state index in [2.05, 4.69) is 17.2 Å². The number of hydrogen-bond acceptors (Lipinski definition) is 4. The van der Waals surface area contributed by atoms with Crippen molar-refractivity contribution in [1.29, 1.82) is 0 Å². The van der Waals surface area contributed by atoms with Gasteiger partial charge in [-0.3, -0.25) is 19.7 Å². The van der Waals surface area contributed by atoms with Crippen LogP contribution in [0.3, 0.4) is 0 Å². The number of rotatable bonds is 7. The third-order valence-electron chi connectivity index (χ3n) is 3.35. The molecule has 2 aromatic rings. The number of hydrogen-bond donors (Lipinski definition) is 3. The van der Waals surface area contributed by atoms with Gasteiger partial charge in [0.05, 0.1) is 16.9 Å². The lowest BCUT2D eigenvalue weighted by atomic mass is 10.1. The van der Waals surface area contributed by atoms with E-state index in [0.29, 0.717) is 9.13 Å². The molecule has 0 aromatic heterocycles. The van der Waals surface area contributed by atoms with E-state index in [1.165, 1.54) is 24.3 Å². The predicted octanol–water partition coefficient (Wildman–Crippen LogP) is 3.16. The normalized spacial score (nSPS) is 10.0. The average molecular weight is 485 g/mol. The van der Waals surface area contributed by atoms with Gasteiger partial charge in [0, 0.05) is 10.1 Å². The summed E-state index contributed by atoms with van der Waals surface area (Å²) in [5.41, 5.74) is 0.836. The number of benzene rings is 2. The summed E-state index contributed by atoms with van der Waals surface area (Å²) in [5, 5.41) is 7.05. The summed E-state index contributed by atoms with van der Waals surface area (Å²) in [6.07, 6.45) is 0.121. The third kappa shape index (κ3) is 5.84. The van der Waals surface area contributed by atoms with E-state index in [1.54, 1.807) is 12.1 Å². The highest BCUT2D eigenvalue weighted by atomic mass is 127. The lowest BCUT2D eigenvalue weighted by molar-refractivity contribution is -0.131. The van der Waals surface area contributed by atoms with Crippen LogP contribution in [0.1, 0.15) is 15.9 Å². The molecule has 0 aliphatic carbocycles. The van der Waals surface area contributed by atoms with Crippen LogP contribution < -0.4 is 16.0 Å². The number of aldehydes is 1. The highest BCUT2D eigenvalue weighted by molar-refractivity contribution is 14.1. The van der Waals surface area contributed by atoms with Crippen LogP contribution >= 0.6 is 22.6 Å². The zero-order chi connectivity index (χ0) is 20.0. The molecule has 0 spiro atoms. The molecule has 140 valence electrons. The Kier molecular flexibility index (Phi) is 6.99. The molecule has 0 unspecified atom stereocenters. The molecule has 0 heterocycles. The first kappa shape index (κ1) is 20.5. The molecular formula is C18H14F2IN3O3. The number of nitrogens with one attached hydrogen (secondary N) is 3. The lowest BCUT2D eigenvalue weighted by Crippen LogP contribution is -2.24. The summed E-state index contributed by atoms with van der Waals surface area (Å²) in [4.78, 5) is 33.7. The first-order valence-electron chi connectivity index (χ1n) is 7.54. The molecule has 0 aliphatic rings. The minimum absolute atomic E-state index is 0.00426. The molecule has 0 bridgehead atoms. The predicted molar refractivity (Wildman–Crippen MR) is 104 cm³/mol. The van der Waals surface area contributed by atoms with Gasteiger partial charge in [0.1, 0.15) is 5.82 Å². The Bertz CT molecular complexity index is 919. The van der Waals surface area contributed by atoms with Crippen LogP contribution in [-0.4, -0.2) is 18.1 Å². The van der Waals surface area contributed by atoms with Gasteiger partial charge < -0.3 is 10.6 Å². The standard InChI is InChI=1S/C18H14F2IN3O3/c1-10(19)23-18(27)13-6-11(8-22-17(26)9-25)2-4-15(13)24-16-5-3-12(21)7-14(16)20/h2-7,9,24H,1,8H2,(H,22,26)(H,23,27). The topological polar surface area (TPSA) is 87.3 Å². The molecular weight excluding hydrogens is 471 g/mol. The maximum Gasteiger partial charge on any atom is 0.284 e. The zero-order valence-electron chi connectivity index (χ0n) is 13.8. The summed E-state index contributed by atoms with van der Waals surface area (Å²) in [5.74, 6) is -3.20. The third-order valence-corrected chi connectivity index (χ3v) is 4.02. The summed E-state index contributed by atoms with van der Waals surface area (Å²) < 4.78 is 27.8. The lowest BCUT2D eigenvalue weighted by Gasteiger charge is -2.14. The van der Waals surface area contributed by atoms with Gasteiger partial charge in [-0.05, 0) is 65.1 Å². The number of carbonyl (C=O) groups excluding carboxylic acids is 3. The van der Waals surface area contributed by atoms with Crippen molar-refractivity contribution in [3.8, 4) is 0 Å². The molecule has 2 aromatic carbocycles. The van der Waals surface area contributed by atoms with E-state index in [9.17, 15) is 23.2 Å². The second kappa shape index (κ2) is 9.21. The van der Waals surface area contributed by atoms with Gasteiger partial charge >= 0.3 is 0 Å². The molecule has 0 atom stereocenters. The monoisotopic (exact) mass is 485 g/mol. The van der Waals surface area contributed by atoms with Gasteiger partial charge in [-0.25, -0.2) is 4.39 Å². The van der Waals surface area contributed by atoms with Gasteiger partial charge in [-0.1, -0.05) is 6.07 Å². The van der Waals surface area contributed by atoms with Crippen molar-refractivity contribution in [3.05, 3.63) is 69.4 Å². The fraction of sp³-hybridized carbons (Fsp3) is 0.0556. The molecule has 0 radical (unpaired) electrons. The van der Waals surface area contributed by atoms with Gasteiger partial charge in [0.2, 0.25) is 6.29 Å². The highest BCUT2D eigenvalue weighted by Gasteiger charge is 2.15. The first-order valence-corrected chi connectivity index (χ1v) is 8.62. The summed E-state index contributed by atoms with van der Waals surface area (Å²) in [6, 6.07) is 8.93. The van der Waals surface area contributed by atoms with Crippen LogP contribution in [0, 0.1) is 9.39 Å². The maximum absolute atomic E-state index is 14.1. The van der Waals surface area contributed by atoms with Crippen LogP contribution in [0.4, 0.5) is 20.2 Å². The smallest absolute Gasteiger partial charge is 0.284 e. The summed E-state index contributed by atoms with van der Waals surface area (Å²) in [7, 11) is 0. The van der Waals surface area contributed by atoms with Gasteiger partial charge in [-0.2, -0.15) is 4.39 Å². The van der Waals surface area contributed by atoms with E-state index >= 15 is 0 Å². The van der Waals surface area contributed by atoms with E-state index in [4.69, 9.17) is 0 Å². The Morgan fingerprint density at radius 1 is 1.15 bits per heavy atom. The molecule has 0 aliphatic heterocycles. The molecule has 27 heavy (non-hydrogen) atoms. The second-order valence-electron chi connectivity index (χ2n) is 5.32. The minimum atomic E-state index is -1.05. The largest absolute Gasteiger partial charge is 0.352 e.